The second-order valence-electron chi connectivity index (χ2n) is 4.41. The van der Waals surface area contributed by atoms with Crippen LogP contribution >= 0.6 is 11.6 Å². The summed E-state index contributed by atoms with van der Waals surface area (Å²) in [6.07, 6.45) is 1.26. The van der Waals surface area contributed by atoms with Gasteiger partial charge in [0.05, 0.1) is 16.6 Å². The Hall–Kier alpha value is -1.56. The molecule has 7 heteroatoms. The molecule has 1 amide bonds. The lowest BCUT2D eigenvalue weighted by atomic mass is 10.0. The highest BCUT2D eigenvalue weighted by Crippen LogP contribution is 2.19. The molecule has 19 heavy (non-hydrogen) atoms. The maximum Gasteiger partial charge on any atom is 0.308 e. The van der Waals surface area contributed by atoms with Crippen LogP contribution in [0.4, 0.5) is 0 Å². The molecule has 0 aliphatic heterocycles. The average Bonchev–Trinajstić information content (AvgIpc) is 2.61. The molecule has 106 valence electrons. The molecule has 0 spiro atoms. The lowest BCUT2D eigenvalue weighted by molar-refractivity contribution is -0.141. The van der Waals surface area contributed by atoms with Crippen LogP contribution in [0.3, 0.4) is 0 Å². The zero-order valence-electron chi connectivity index (χ0n) is 11.2. The number of nitrogens with one attached hydrogen (secondary N) is 1. The number of aromatic nitrogens is 2. The number of carboxylic acids is 1. The van der Waals surface area contributed by atoms with Crippen molar-refractivity contribution in [3.8, 4) is 0 Å². The van der Waals surface area contributed by atoms with Gasteiger partial charge in [0, 0.05) is 13.6 Å². The number of amides is 1. The molecule has 1 heterocycles. The first-order valence-electron chi connectivity index (χ1n) is 6.08. The molecule has 0 fully saturated rings. The summed E-state index contributed by atoms with van der Waals surface area (Å²) in [5.74, 6) is -1.95. The highest BCUT2D eigenvalue weighted by atomic mass is 35.5. The van der Waals surface area contributed by atoms with Crippen LogP contribution in [-0.4, -0.2) is 33.3 Å². The zero-order valence-corrected chi connectivity index (χ0v) is 12.0. The molecule has 6 nitrogen and oxygen atoms in total. The molecule has 0 radical (unpaired) electrons. The summed E-state index contributed by atoms with van der Waals surface area (Å²) in [6.45, 7) is 3.73. The number of halogens is 1. The van der Waals surface area contributed by atoms with Gasteiger partial charge < -0.3 is 10.4 Å². The fraction of sp³-hybridized carbons (Fsp3) is 0.583. The van der Waals surface area contributed by atoms with Gasteiger partial charge in [-0.05, 0) is 13.3 Å². The van der Waals surface area contributed by atoms with Crippen LogP contribution in [0.2, 0.25) is 5.02 Å². The summed E-state index contributed by atoms with van der Waals surface area (Å²) in [6, 6.07) is 0. The van der Waals surface area contributed by atoms with E-state index in [0.29, 0.717) is 17.1 Å². The topological polar surface area (TPSA) is 84.2 Å². The normalized spacial score (nSPS) is 12.2. The number of carbonyl (C=O) groups is 2. The summed E-state index contributed by atoms with van der Waals surface area (Å²) in [4.78, 5) is 22.9. The molecular formula is C12H18ClN3O3. The van der Waals surface area contributed by atoms with Gasteiger partial charge in [0.2, 0.25) is 0 Å². The van der Waals surface area contributed by atoms with Gasteiger partial charge in [-0.2, -0.15) is 5.10 Å². The average molecular weight is 288 g/mol. The lowest BCUT2D eigenvalue weighted by Crippen LogP contribution is -2.33. The Bertz CT molecular complexity index is 485. The number of nitrogens with zero attached hydrogens (tertiary/aromatic N) is 2. The van der Waals surface area contributed by atoms with E-state index < -0.39 is 17.8 Å². The third kappa shape index (κ3) is 3.70. The fourth-order valence-electron chi connectivity index (χ4n) is 1.69. The third-order valence-electron chi connectivity index (χ3n) is 2.97. The van der Waals surface area contributed by atoms with Gasteiger partial charge in [0.15, 0.2) is 5.69 Å². The van der Waals surface area contributed by atoms with Crippen molar-refractivity contribution in [2.75, 3.05) is 6.54 Å². The summed E-state index contributed by atoms with van der Waals surface area (Å²) in [5, 5.41) is 15.9. The molecule has 1 rings (SSSR count). The Morgan fingerprint density at radius 1 is 1.53 bits per heavy atom. The maximum atomic E-state index is 11.9. The first-order chi connectivity index (χ1) is 8.88. The molecule has 1 unspecified atom stereocenters. The van der Waals surface area contributed by atoms with Gasteiger partial charge in [-0.1, -0.05) is 24.9 Å². The van der Waals surface area contributed by atoms with Gasteiger partial charge in [0.1, 0.15) is 0 Å². The Morgan fingerprint density at radius 2 is 2.16 bits per heavy atom. The summed E-state index contributed by atoms with van der Waals surface area (Å²) in [7, 11) is 1.69. The quantitative estimate of drug-likeness (QED) is 0.832. The van der Waals surface area contributed by atoms with Crippen molar-refractivity contribution in [2.45, 2.75) is 26.7 Å². The molecular weight excluding hydrogens is 270 g/mol. The van der Waals surface area contributed by atoms with Crippen molar-refractivity contribution < 1.29 is 14.7 Å². The molecule has 2 N–H and O–H groups in total. The maximum absolute atomic E-state index is 11.9. The minimum atomic E-state index is -0.912. The largest absolute Gasteiger partial charge is 0.481 e. The minimum absolute atomic E-state index is 0.0773. The monoisotopic (exact) mass is 287 g/mol. The number of carbonyl (C=O) groups excluding carboxylic acids is 1. The molecule has 0 saturated heterocycles. The summed E-state index contributed by atoms with van der Waals surface area (Å²) in [5.41, 5.74) is 0.817. The minimum Gasteiger partial charge on any atom is -0.481 e. The van der Waals surface area contributed by atoms with Crippen LogP contribution in [0, 0.1) is 12.8 Å². The van der Waals surface area contributed by atoms with Crippen molar-refractivity contribution in [1.82, 2.24) is 15.1 Å². The molecule has 1 aromatic rings. The number of hydrogen-bond acceptors (Lipinski definition) is 3. The third-order valence-corrected chi connectivity index (χ3v) is 3.42. The molecule has 0 aliphatic carbocycles. The molecule has 1 aromatic heterocycles. The van der Waals surface area contributed by atoms with Gasteiger partial charge in [-0.15, -0.1) is 0 Å². The fourth-order valence-corrected chi connectivity index (χ4v) is 1.93. The predicted molar refractivity (Wildman–Crippen MR) is 71.3 cm³/mol. The molecule has 0 aliphatic rings. The Morgan fingerprint density at radius 3 is 2.58 bits per heavy atom. The number of aliphatic carboxylic acids is 1. The Labute approximate surface area is 116 Å². The predicted octanol–water partition coefficient (Wildman–Crippen LogP) is 1.61. The standard InChI is InChI=1S/C12H18ClN3O3/c1-4-5-8(12(18)19)6-14-11(17)10-9(13)7(2)16(3)15-10/h8H,4-6H2,1-3H3,(H,14,17)(H,18,19). The smallest absolute Gasteiger partial charge is 0.308 e. The van der Waals surface area contributed by atoms with Crippen molar-refractivity contribution in [1.29, 1.82) is 0 Å². The zero-order chi connectivity index (χ0) is 14.6. The summed E-state index contributed by atoms with van der Waals surface area (Å²) >= 11 is 5.99. The van der Waals surface area contributed by atoms with Crippen LogP contribution in [0.5, 0.6) is 0 Å². The van der Waals surface area contributed by atoms with Gasteiger partial charge >= 0.3 is 5.97 Å². The highest BCUT2D eigenvalue weighted by molar-refractivity contribution is 6.34. The van der Waals surface area contributed by atoms with Crippen LogP contribution in [0.1, 0.15) is 35.9 Å². The van der Waals surface area contributed by atoms with Gasteiger partial charge in [-0.3, -0.25) is 14.3 Å². The molecule has 0 saturated carbocycles. The number of rotatable bonds is 6. The Kier molecular flexibility index (Phi) is 5.35. The lowest BCUT2D eigenvalue weighted by Gasteiger charge is -2.11. The van der Waals surface area contributed by atoms with Crippen LogP contribution in [0.25, 0.3) is 0 Å². The van der Waals surface area contributed by atoms with Crippen LogP contribution < -0.4 is 5.32 Å². The van der Waals surface area contributed by atoms with Crippen molar-refractivity contribution >= 4 is 23.5 Å². The van der Waals surface area contributed by atoms with Crippen LogP contribution in [0.15, 0.2) is 0 Å². The second kappa shape index (κ2) is 6.56. The highest BCUT2D eigenvalue weighted by Gasteiger charge is 2.21. The molecule has 0 aromatic carbocycles. The van der Waals surface area contributed by atoms with Gasteiger partial charge in [0.25, 0.3) is 5.91 Å². The van der Waals surface area contributed by atoms with E-state index >= 15 is 0 Å². The van der Waals surface area contributed by atoms with Crippen molar-refractivity contribution in [3.05, 3.63) is 16.4 Å². The molecule has 1 atom stereocenters. The first kappa shape index (κ1) is 15.5. The van der Waals surface area contributed by atoms with Crippen molar-refractivity contribution in [3.63, 3.8) is 0 Å². The van der Waals surface area contributed by atoms with E-state index in [9.17, 15) is 9.59 Å². The van der Waals surface area contributed by atoms with E-state index in [1.807, 2.05) is 6.92 Å². The van der Waals surface area contributed by atoms with E-state index in [0.717, 1.165) is 6.42 Å². The Balaban J connectivity index is 2.69. The number of hydrogen-bond donors (Lipinski definition) is 2. The number of carboxylic acid groups (broad SMARTS) is 1. The van der Waals surface area contributed by atoms with Gasteiger partial charge in [-0.25, -0.2) is 0 Å². The SMILES string of the molecule is CCCC(CNC(=O)c1nn(C)c(C)c1Cl)C(=O)O. The first-order valence-corrected chi connectivity index (χ1v) is 6.46. The van der Waals surface area contributed by atoms with E-state index in [2.05, 4.69) is 10.4 Å². The second-order valence-corrected chi connectivity index (χ2v) is 4.78. The van der Waals surface area contributed by atoms with Crippen LogP contribution in [-0.2, 0) is 11.8 Å². The number of aryl methyl sites for hydroxylation is 1. The molecule has 0 bridgehead atoms. The van der Waals surface area contributed by atoms with E-state index in [1.54, 1.807) is 14.0 Å². The van der Waals surface area contributed by atoms with E-state index in [1.165, 1.54) is 4.68 Å². The summed E-state index contributed by atoms with van der Waals surface area (Å²) < 4.78 is 1.51. The van der Waals surface area contributed by atoms with E-state index in [-0.39, 0.29) is 12.2 Å². The van der Waals surface area contributed by atoms with Crippen molar-refractivity contribution in [2.24, 2.45) is 13.0 Å². The van der Waals surface area contributed by atoms with E-state index in [4.69, 9.17) is 16.7 Å².